The molecular formula is C23H20N4O3. The molecule has 0 saturated heterocycles. The number of amides is 1. The number of fused-ring (bicyclic) bond motifs is 1. The van der Waals surface area contributed by atoms with E-state index >= 15 is 0 Å². The first-order chi connectivity index (χ1) is 14.7. The van der Waals surface area contributed by atoms with Gasteiger partial charge in [-0.1, -0.05) is 53.7 Å². The van der Waals surface area contributed by atoms with Crippen molar-refractivity contribution in [1.29, 1.82) is 0 Å². The molecule has 0 spiro atoms. The summed E-state index contributed by atoms with van der Waals surface area (Å²) in [4.78, 5) is 24.1. The van der Waals surface area contributed by atoms with Gasteiger partial charge in [-0.25, -0.2) is 4.68 Å². The number of para-hydroxylation sites is 1. The van der Waals surface area contributed by atoms with Crippen LogP contribution in [0.1, 0.15) is 21.6 Å². The molecule has 150 valence electrons. The second-order valence-electron chi connectivity index (χ2n) is 6.85. The van der Waals surface area contributed by atoms with Crippen molar-refractivity contribution in [1.82, 2.24) is 15.0 Å². The zero-order chi connectivity index (χ0) is 20.9. The van der Waals surface area contributed by atoms with E-state index in [1.165, 1.54) is 4.68 Å². The Morgan fingerprint density at radius 3 is 2.73 bits per heavy atom. The highest BCUT2D eigenvalue weighted by atomic mass is 16.5. The van der Waals surface area contributed by atoms with Crippen LogP contribution in [-0.2, 0) is 17.9 Å². The predicted octanol–water partition coefficient (Wildman–Crippen LogP) is 3.77. The molecule has 0 unspecified atom stereocenters. The second-order valence-corrected chi connectivity index (χ2v) is 6.85. The molecule has 0 fully saturated rings. The van der Waals surface area contributed by atoms with E-state index in [9.17, 15) is 9.59 Å². The molecule has 3 aromatic carbocycles. The van der Waals surface area contributed by atoms with Crippen LogP contribution < -0.4 is 10.1 Å². The average molecular weight is 400 g/mol. The van der Waals surface area contributed by atoms with Crippen molar-refractivity contribution in [3.05, 3.63) is 83.7 Å². The van der Waals surface area contributed by atoms with Crippen LogP contribution >= 0.6 is 0 Å². The lowest BCUT2D eigenvalue weighted by Crippen LogP contribution is -2.22. The van der Waals surface area contributed by atoms with E-state index in [1.807, 2.05) is 61.5 Å². The van der Waals surface area contributed by atoms with Crippen molar-refractivity contribution in [2.75, 3.05) is 5.32 Å². The molecule has 1 heterocycles. The third kappa shape index (κ3) is 4.05. The number of rotatable bonds is 7. The van der Waals surface area contributed by atoms with Crippen LogP contribution in [0.5, 0.6) is 5.75 Å². The summed E-state index contributed by atoms with van der Waals surface area (Å²) in [6.07, 6.45) is 2.34. The molecule has 4 rings (SSSR count). The molecule has 1 N–H and O–H groups in total. The standard InChI is InChI=1S/C23H20N4O3/c1-16-6-2-5-9-21(16)25-23(29)13-27-18(12-24-26-27)15-30-22-11-10-17-7-3-4-8-19(17)20(22)14-28/h2-12,14H,13,15H2,1H3,(H,25,29). The number of hydrogen-bond acceptors (Lipinski definition) is 5. The summed E-state index contributed by atoms with van der Waals surface area (Å²) in [5.41, 5.74) is 2.85. The first-order valence-electron chi connectivity index (χ1n) is 9.48. The SMILES string of the molecule is Cc1ccccc1NC(=O)Cn1nncc1COc1ccc2ccccc2c1C=O. The Kier molecular flexibility index (Phi) is 5.52. The summed E-state index contributed by atoms with van der Waals surface area (Å²) in [5, 5.41) is 12.5. The number of aromatic nitrogens is 3. The van der Waals surface area contributed by atoms with E-state index in [-0.39, 0.29) is 19.1 Å². The van der Waals surface area contributed by atoms with Gasteiger partial charge in [-0.3, -0.25) is 9.59 Å². The maximum Gasteiger partial charge on any atom is 0.246 e. The van der Waals surface area contributed by atoms with Gasteiger partial charge in [0.25, 0.3) is 0 Å². The van der Waals surface area contributed by atoms with Crippen molar-refractivity contribution >= 4 is 28.7 Å². The quantitative estimate of drug-likeness (QED) is 0.477. The normalized spacial score (nSPS) is 10.7. The maximum atomic E-state index is 12.4. The summed E-state index contributed by atoms with van der Waals surface area (Å²) in [6, 6.07) is 18.9. The summed E-state index contributed by atoms with van der Waals surface area (Å²) in [5.74, 6) is 0.260. The van der Waals surface area contributed by atoms with Crippen LogP contribution in [0, 0.1) is 6.92 Å². The van der Waals surface area contributed by atoms with E-state index in [2.05, 4.69) is 15.6 Å². The van der Waals surface area contributed by atoms with Crippen LogP contribution in [0.3, 0.4) is 0 Å². The average Bonchev–Trinajstić information content (AvgIpc) is 3.20. The van der Waals surface area contributed by atoms with E-state index in [1.54, 1.807) is 12.3 Å². The molecule has 0 bridgehead atoms. The largest absolute Gasteiger partial charge is 0.486 e. The lowest BCUT2D eigenvalue weighted by Gasteiger charge is -2.12. The molecule has 1 aromatic heterocycles. The third-order valence-electron chi connectivity index (χ3n) is 4.83. The number of aldehydes is 1. The van der Waals surface area contributed by atoms with Gasteiger partial charge in [0.05, 0.1) is 17.5 Å². The van der Waals surface area contributed by atoms with Crippen LogP contribution in [0.2, 0.25) is 0 Å². The molecular weight excluding hydrogens is 380 g/mol. The third-order valence-corrected chi connectivity index (χ3v) is 4.83. The molecule has 0 aliphatic rings. The van der Waals surface area contributed by atoms with Gasteiger partial charge < -0.3 is 10.1 Å². The second kappa shape index (κ2) is 8.57. The maximum absolute atomic E-state index is 12.4. The van der Waals surface area contributed by atoms with Crippen LogP contribution in [0.4, 0.5) is 5.69 Å². The van der Waals surface area contributed by atoms with Gasteiger partial charge >= 0.3 is 0 Å². The molecule has 0 radical (unpaired) electrons. The number of carbonyl (C=O) groups excluding carboxylic acids is 2. The first kappa shape index (κ1) is 19.3. The Hall–Kier alpha value is -4.00. The van der Waals surface area contributed by atoms with Gasteiger partial charge in [-0.15, -0.1) is 5.10 Å². The highest BCUT2D eigenvalue weighted by molar-refractivity contribution is 6.00. The van der Waals surface area contributed by atoms with Crippen molar-refractivity contribution in [3.8, 4) is 5.75 Å². The number of hydrogen-bond donors (Lipinski definition) is 1. The van der Waals surface area contributed by atoms with Gasteiger partial charge in [0, 0.05) is 5.69 Å². The molecule has 0 saturated carbocycles. The fourth-order valence-electron chi connectivity index (χ4n) is 3.24. The zero-order valence-electron chi connectivity index (χ0n) is 16.4. The topological polar surface area (TPSA) is 86.1 Å². The summed E-state index contributed by atoms with van der Waals surface area (Å²) in [7, 11) is 0. The van der Waals surface area contributed by atoms with Gasteiger partial charge in [0.15, 0.2) is 6.29 Å². The lowest BCUT2D eigenvalue weighted by atomic mass is 10.0. The molecule has 30 heavy (non-hydrogen) atoms. The van der Waals surface area contributed by atoms with Crippen molar-refractivity contribution in [2.45, 2.75) is 20.1 Å². The highest BCUT2D eigenvalue weighted by Gasteiger charge is 2.13. The van der Waals surface area contributed by atoms with Crippen LogP contribution in [0.25, 0.3) is 10.8 Å². The summed E-state index contributed by atoms with van der Waals surface area (Å²) < 4.78 is 7.36. The minimum atomic E-state index is -0.213. The van der Waals surface area contributed by atoms with E-state index in [0.717, 1.165) is 28.3 Å². The molecule has 0 atom stereocenters. The van der Waals surface area contributed by atoms with E-state index in [0.29, 0.717) is 17.0 Å². The fraction of sp³-hybridized carbons (Fsp3) is 0.130. The first-order valence-corrected chi connectivity index (χ1v) is 9.48. The monoisotopic (exact) mass is 400 g/mol. The minimum Gasteiger partial charge on any atom is -0.486 e. The fourth-order valence-corrected chi connectivity index (χ4v) is 3.24. The smallest absolute Gasteiger partial charge is 0.246 e. The molecule has 1 amide bonds. The number of nitrogens with zero attached hydrogens (tertiary/aromatic N) is 3. The van der Waals surface area contributed by atoms with Crippen LogP contribution in [0.15, 0.2) is 66.9 Å². The Balaban J connectivity index is 1.47. The number of aryl methyl sites for hydroxylation is 1. The lowest BCUT2D eigenvalue weighted by molar-refractivity contribution is -0.117. The number of ether oxygens (including phenoxy) is 1. The van der Waals surface area contributed by atoms with Gasteiger partial charge in [0.2, 0.25) is 5.91 Å². The Labute approximate surface area is 173 Å². The molecule has 0 aliphatic heterocycles. The van der Waals surface area contributed by atoms with Gasteiger partial charge in [0.1, 0.15) is 18.9 Å². The Morgan fingerprint density at radius 2 is 1.90 bits per heavy atom. The zero-order valence-corrected chi connectivity index (χ0v) is 16.4. The number of anilines is 1. The Morgan fingerprint density at radius 1 is 1.10 bits per heavy atom. The van der Waals surface area contributed by atoms with E-state index in [4.69, 9.17) is 4.74 Å². The summed E-state index contributed by atoms with van der Waals surface area (Å²) >= 11 is 0. The van der Waals surface area contributed by atoms with Gasteiger partial charge in [-0.05, 0) is 35.4 Å². The summed E-state index contributed by atoms with van der Waals surface area (Å²) in [6.45, 7) is 2.06. The molecule has 0 aliphatic carbocycles. The Bertz CT molecular complexity index is 1220. The van der Waals surface area contributed by atoms with Crippen molar-refractivity contribution < 1.29 is 14.3 Å². The minimum absolute atomic E-state index is 0.00524. The van der Waals surface area contributed by atoms with Crippen molar-refractivity contribution in [2.24, 2.45) is 0 Å². The molecule has 4 aromatic rings. The van der Waals surface area contributed by atoms with Crippen molar-refractivity contribution in [3.63, 3.8) is 0 Å². The highest BCUT2D eigenvalue weighted by Crippen LogP contribution is 2.27. The van der Waals surface area contributed by atoms with Crippen LogP contribution in [-0.4, -0.2) is 27.2 Å². The number of nitrogens with one attached hydrogen (secondary N) is 1. The van der Waals surface area contributed by atoms with E-state index < -0.39 is 0 Å². The van der Waals surface area contributed by atoms with Gasteiger partial charge in [-0.2, -0.15) is 0 Å². The number of carbonyl (C=O) groups is 2. The predicted molar refractivity (Wildman–Crippen MR) is 113 cm³/mol. The number of benzene rings is 3. The molecule has 7 heteroatoms. The molecule has 7 nitrogen and oxygen atoms in total.